The molecule has 3 atom stereocenters. The minimum atomic E-state index is 0.162. The Kier molecular flexibility index (Phi) is 5.51. The van der Waals surface area contributed by atoms with Crippen LogP contribution in [-0.4, -0.2) is 48.9 Å². The van der Waals surface area contributed by atoms with Crippen LogP contribution in [0.2, 0.25) is 0 Å². The van der Waals surface area contributed by atoms with E-state index < -0.39 is 0 Å². The summed E-state index contributed by atoms with van der Waals surface area (Å²) in [6.45, 7) is 3.83. The van der Waals surface area contributed by atoms with Crippen LogP contribution in [0.3, 0.4) is 0 Å². The number of likely N-dealkylation sites (tertiary alicyclic amines) is 1. The summed E-state index contributed by atoms with van der Waals surface area (Å²) in [5.74, 6) is 1.16. The Morgan fingerprint density at radius 1 is 1.14 bits per heavy atom. The van der Waals surface area contributed by atoms with Gasteiger partial charge in [-0.25, -0.2) is 0 Å². The number of hydrogen-bond acceptors (Lipinski definition) is 3. The Bertz CT molecular complexity index is 896. The number of benzene rings is 1. The Balaban J connectivity index is 1.52. The molecule has 4 heteroatoms. The average molecular weight is 393 g/mol. The maximum Gasteiger partial charge on any atom is 0.264 e. The quantitative estimate of drug-likeness (QED) is 0.736. The van der Waals surface area contributed by atoms with Crippen molar-refractivity contribution in [2.24, 2.45) is 11.8 Å². The van der Waals surface area contributed by atoms with Gasteiger partial charge in [0.1, 0.15) is 0 Å². The maximum absolute atomic E-state index is 13.2. The Labute approximate surface area is 172 Å². The monoisotopic (exact) mass is 392 g/mol. The number of carbonyl (C=O) groups is 1. The lowest BCUT2D eigenvalue weighted by Gasteiger charge is -2.27. The summed E-state index contributed by atoms with van der Waals surface area (Å²) in [6.07, 6.45) is 8.06. The second kappa shape index (κ2) is 8.06. The summed E-state index contributed by atoms with van der Waals surface area (Å²) in [5.41, 5.74) is 3.68. The van der Waals surface area contributed by atoms with E-state index in [1.807, 2.05) is 29.2 Å². The normalized spacial score (nSPS) is 24.6. The molecular weight excluding hydrogens is 364 g/mol. The number of rotatable bonds is 4. The molecule has 146 valence electrons. The highest BCUT2D eigenvalue weighted by Crippen LogP contribution is 2.33. The van der Waals surface area contributed by atoms with Crippen molar-refractivity contribution >= 4 is 17.2 Å². The minimum absolute atomic E-state index is 0.162. The summed E-state index contributed by atoms with van der Waals surface area (Å²) >= 11 is 1.55. The van der Waals surface area contributed by atoms with Crippen LogP contribution in [0.1, 0.15) is 23.0 Å². The Morgan fingerprint density at radius 2 is 1.93 bits per heavy atom. The number of nitrogens with zero attached hydrogens (tertiary/aromatic N) is 2. The molecule has 0 bridgehead atoms. The van der Waals surface area contributed by atoms with Gasteiger partial charge in [0, 0.05) is 25.0 Å². The molecule has 2 aromatic rings. The van der Waals surface area contributed by atoms with Crippen molar-refractivity contribution in [2.75, 3.05) is 27.2 Å². The number of likely N-dealkylation sites (N-methyl/N-ethyl adjacent to an activating group) is 1. The van der Waals surface area contributed by atoms with Gasteiger partial charge in [-0.3, -0.25) is 4.79 Å². The van der Waals surface area contributed by atoms with E-state index in [0.717, 1.165) is 35.5 Å². The summed E-state index contributed by atoms with van der Waals surface area (Å²) in [7, 11) is 4.25. The zero-order chi connectivity index (χ0) is 19.7. The van der Waals surface area contributed by atoms with Crippen LogP contribution in [0.5, 0.6) is 0 Å². The molecule has 1 amide bonds. The molecule has 3 nitrogen and oxygen atoms in total. The zero-order valence-corrected chi connectivity index (χ0v) is 17.7. The molecule has 1 saturated heterocycles. The van der Waals surface area contributed by atoms with Gasteiger partial charge < -0.3 is 9.80 Å². The zero-order valence-electron chi connectivity index (χ0n) is 16.8. The van der Waals surface area contributed by atoms with Gasteiger partial charge in [0.15, 0.2) is 0 Å². The molecule has 1 aliphatic carbocycles. The van der Waals surface area contributed by atoms with Crippen molar-refractivity contribution in [3.05, 3.63) is 70.5 Å². The molecule has 1 fully saturated rings. The second-order valence-corrected chi connectivity index (χ2v) is 9.10. The molecule has 0 N–H and O–H groups in total. The molecule has 0 saturated carbocycles. The van der Waals surface area contributed by atoms with Crippen molar-refractivity contribution in [3.8, 4) is 11.1 Å². The highest BCUT2D eigenvalue weighted by molar-refractivity contribution is 7.12. The summed E-state index contributed by atoms with van der Waals surface area (Å²) in [5, 5.41) is 2.09. The molecule has 1 aromatic heterocycles. The molecular formula is C24H28N2OS. The Morgan fingerprint density at radius 3 is 2.61 bits per heavy atom. The molecule has 0 radical (unpaired) electrons. The van der Waals surface area contributed by atoms with Crippen LogP contribution in [-0.2, 0) is 0 Å². The maximum atomic E-state index is 13.2. The van der Waals surface area contributed by atoms with E-state index in [2.05, 4.69) is 61.7 Å². The number of thiophene rings is 1. The van der Waals surface area contributed by atoms with Crippen molar-refractivity contribution in [1.29, 1.82) is 0 Å². The molecule has 1 aliphatic heterocycles. The molecule has 3 unspecified atom stereocenters. The third kappa shape index (κ3) is 3.85. The number of hydrogen-bond donors (Lipinski definition) is 0. The highest BCUT2D eigenvalue weighted by atomic mass is 32.1. The molecule has 0 spiro atoms. The largest absolute Gasteiger partial charge is 0.336 e. The fraction of sp³-hybridized carbons (Fsp3) is 0.375. The van der Waals surface area contributed by atoms with E-state index in [4.69, 9.17) is 0 Å². The van der Waals surface area contributed by atoms with E-state index >= 15 is 0 Å². The fourth-order valence-corrected chi connectivity index (χ4v) is 5.09. The van der Waals surface area contributed by atoms with E-state index in [1.165, 1.54) is 5.57 Å². The van der Waals surface area contributed by atoms with E-state index in [0.29, 0.717) is 17.9 Å². The first-order valence-electron chi connectivity index (χ1n) is 10.0. The minimum Gasteiger partial charge on any atom is -0.336 e. The van der Waals surface area contributed by atoms with Crippen molar-refractivity contribution in [1.82, 2.24) is 9.80 Å². The third-order valence-electron chi connectivity index (χ3n) is 5.93. The molecule has 4 rings (SSSR count). The topological polar surface area (TPSA) is 23.6 Å². The van der Waals surface area contributed by atoms with Crippen LogP contribution < -0.4 is 0 Å². The lowest BCUT2D eigenvalue weighted by Crippen LogP contribution is -2.36. The molecule has 2 aliphatic rings. The van der Waals surface area contributed by atoms with E-state index in [-0.39, 0.29) is 5.91 Å². The van der Waals surface area contributed by atoms with Crippen LogP contribution in [0.25, 0.3) is 11.1 Å². The van der Waals surface area contributed by atoms with Crippen LogP contribution in [0, 0.1) is 11.8 Å². The standard InChI is InChI=1S/C24H28N2OS/c1-17-9-11-19(12-10-17)21-14-26(15-22(21)25(2)3)24(27)23-13-20(16-28-23)18-7-5-4-6-8-18/h4-9,11-13,16-17,21-22H,10,14-15H2,1-3H3. The summed E-state index contributed by atoms with van der Waals surface area (Å²) in [4.78, 5) is 18.4. The van der Waals surface area contributed by atoms with Gasteiger partial charge in [-0.15, -0.1) is 11.3 Å². The lowest BCUT2D eigenvalue weighted by atomic mass is 9.87. The van der Waals surface area contributed by atoms with Gasteiger partial charge in [-0.2, -0.15) is 0 Å². The summed E-state index contributed by atoms with van der Waals surface area (Å²) in [6, 6.07) is 12.7. The van der Waals surface area contributed by atoms with Gasteiger partial charge >= 0.3 is 0 Å². The van der Waals surface area contributed by atoms with Gasteiger partial charge in [-0.1, -0.05) is 55.5 Å². The number of allylic oxidation sites excluding steroid dienone is 3. The first-order valence-corrected chi connectivity index (χ1v) is 10.9. The van der Waals surface area contributed by atoms with E-state index in [1.54, 1.807) is 11.3 Å². The third-order valence-corrected chi connectivity index (χ3v) is 6.85. The first-order chi connectivity index (χ1) is 13.5. The van der Waals surface area contributed by atoms with Crippen molar-refractivity contribution in [2.45, 2.75) is 19.4 Å². The molecule has 2 heterocycles. The number of amides is 1. The molecule has 28 heavy (non-hydrogen) atoms. The fourth-order valence-electron chi connectivity index (χ4n) is 4.21. The van der Waals surface area contributed by atoms with Crippen LogP contribution in [0.15, 0.2) is 65.6 Å². The number of carbonyl (C=O) groups excluding carboxylic acids is 1. The van der Waals surface area contributed by atoms with E-state index in [9.17, 15) is 4.79 Å². The average Bonchev–Trinajstić information content (AvgIpc) is 3.37. The van der Waals surface area contributed by atoms with Gasteiger partial charge in [0.25, 0.3) is 5.91 Å². The van der Waals surface area contributed by atoms with Gasteiger partial charge in [0.2, 0.25) is 0 Å². The predicted octanol–water partition coefficient (Wildman–Crippen LogP) is 4.94. The SMILES string of the molecule is CC1C=CC(C2CN(C(=O)c3cc(-c4ccccc4)cs3)CC2N(C)C)=CC1. The Hall–Kier alpha value is -2.17. The van der Waals surface area contributed by atoms with Crippen molar-refractivity contribution < 1.29 is 4.79 Å². The smallest absolute Gasteiger partial charge is 0.264 e. The highest BCUT2D eigenvalue weighted by Gasteiger charge is 2.38. The summed E-state index contributed by atoms with van der Waals surface area (Å²) < 4.78 is 0. The lowest BCUT2D eigenvalue weighted by molar-refractivity contribution is 0.0786. The van der Waals surface area contributed by atoms with Gasteiger partial charge in [-0.05, 0) is 54.6 Å². The predicted molar refractivity (Wildman–Crippen MR) is 118 cm³/mol. The molecule has 1 aromatic carbocycles. The first kappa shape index (κ1) is 19.2. The second-order valence-electron chi connectivity index (χ2n) is 8.19. The van der Waals surface area contributed by atoms with Crippen LogP contribution in [0.4, 0.5) is 0 Å². The van der Waals surface area contributed by atoms with Gasteiger partial charge in [0.05, 0.1) is 4.88 Å². The van der Waals surface area contributed by atoms with Crippen LogP contribution >= 0.6 is 11.3 Å². The van der Waals surface area contributed by atoms with Crippen molar-refractivity contribution in [3.63, 3.8) is 0 Å².